The Morgan fingerprint density at radius 2 is 2.10 bits per heavy atom. The van der Waals surface area contributed by atoms with Gasteiger partial charge in [-0.25, -0.2) is 0 Å². The number of fused-ring (bicyclic) bond motifs is 3. The largest absolute Gasteiger partial charge is 0.311 e. The minimum atomic E-state index is 0.310. The molecule has 1 heterocycles. The number of benzene rings is 1. The molecule has 3 atom stereocenters. The third-order valence-corrected chi connectivity index (χ3v) is 6.41. The Kier molecular flexibility index (Phi) is 3.25. The molecule has 20 heavy (non-hydrogen) atoms. The minimum absolute atomic E-state index is 0.310. The number of carbonyl (C=O) groups is 1. The van der Waals surface area contributed by atoms with Crippen molar-refractivity contribution in [2.24, 2.45) is 17.8 Å². The first-order valence-electron chi connectivity index (χ1n) is 7.86. The van der Waals surface area contributed by atoms with Crippen LogP contribution in [0.4, 0.5) is 5.69 Å². The van der Waals surface area contributed by atoms with E-state index in [1.54, 1.807) is 0 Å². The number of hydrogen-bond acceptors (Lipinski definition) is 2. The van der Waals surface area contributed by atoms with E-state index >= 15 is 0 Å². The Hall–Kier alpha value is -0.960. The van der Waals surface area contributed by atoms with Crippen molar-refractivity contribution in [3.63, 3.8) is 0 Å². The molecule has 2 fully saturated rings. The molecule has 2 bridgehead atoms. The highest BCUT2D eigenvalue weighted by Gasteiger charge is 2.44. The lowest BCUT2D eigenvalue weighted by molar-refractivity contribution is -0.123. The lowest BCUT2D eigenvalue weighted by atomic mass is 9.87. The molecule has 2 nitrogen and oxygen atoms in total. The molecule has 106 valence electrons. The second kappa shape index (κ2) is 5.10. The molecule has 0 saturated heterocycles. The van der Waals surface area contributed by atoms with Crippen LogP contribution in [0.5, 0.6) is 0 Å². The van der Waals surface area contributed by atoms with Crippen molar-refractivity contribution in [1.29, 1.82) is 0 Å². The van der Waals surface area contributed by atoms with E-state index in [0.29, 0.717) is 17.7 Å². The fraction of sp³-hybridized carbons (Fsp3) is 0.588. The highest BCUT2D eigenvalue weighted by molar-refractivity contribution is 7.99. The average molecular weight is 287 g/mol. The van der Waals surface area contributed by atoms with Gasteiger partial charge in [0.15, 0.2) is 0 Å². The summed E-state index contributed by atoms with van der Waals surface area (Å²) in [7, 11) is 0. The number of hydrogen-bond donors (Lipinski definition) is 0. The van der Waals surface area contributed by atoms with Gasteiger partial charge in [-0.2, -0.15) is 0 Å². The SMILES string of the molecule is O=C(C1CC2CCC1C2)N1CCCSc2ccccc21. The highest BCUT2D eigenvalue weighted by atomic mass is 32.2. The van der Waals surface area contributed by atoms with E-state index in [2.05, 4.69) is 29.2 Å². The van der Waals surface area contributed by atoms with Gasteiger partial charge in [-0.1, -0.05) is 18.6 Å². The molecule has 3 heteroatoms. The number of amides is 1. The number of para-hydroxylation sites is 1. The van der Waals surface area contributed by atoms with Gasteiger partial charge < -0.3 is 4.90 Å². The van der Waals surface area contributed by atoms with Gasteiger partial charge in [0, 0.05) is 17.4 Å². The van der Waals surface area contributed by atoms with Crippen LogP contribution < -0.4 is 4.90 Å². The van der Waals surface area contributed by atoms with Crippen LogP contribution in [-0.4, -0.2) is 18.2 Å². The van der Waals surface area contributed by atoms with Crippen molar-refractivity contribution >= 4 is 23.4 Å². The second-order valence-electron chi connectivity index (χ2n) is 6.44. The van der Waals surface area contributed by atoms with E-state index in [-0.39, 0.29) is 0 Å². The summed E-state index contributed by atoms with van der Waals surface area (Å²) in [6.45, 7) is 0.900. The maximum Gasteiger partial charge on any atom is 0.230 e. The molecule has 3 unspecified atom stereocenters. The monoisotopic (exact) mass is 287 g/mol. The second-order valence-corrected chi connectivity index (χ2v) is 7.58. The Morgan fingerprint density at radius 3 is 2.90 bits per heavy atom. The summed E-state index contributed by atoms with van der Waals surface area (Å²) in [6, 6.07) is 8.42. The Balaban J connectivity index is 1.63. The fourth-order valence-electron chi connectivity index (χ4n) is 4.30. The number of carbonyl (C=O) groups excluding carboxylic acids is 1. The van der Waals surface area contributed by atoms with Crippen LogP contribution in [0.3, 0.4) is 0 Å². The van der Waals surface area contributed by atoms with E-state index in [1.807, 2.05) is 11.8 Å². The van der Waals surface area contributed by atoms with Crippen LogP contribution in [0.1, 0.15) is 32.1 Å². The van der Waals surface area contributed by atoms with E-state index in [0.717, 1.165) is 36.7 Å². The minimum Gasteiger partial charge on any atom is -0.311 e. The predicted octanol–water partition coefficient (Wildman–Crippen LogP) is 3.95. The zero-order chi connectivity index (χ0) is 13.5. The molecule has 2 aliphatic carbocycles. The standard InChI is InChI=1S/C17H21NOS/c19-17(14-11-12-6-7-13(14)10-12)18-8-3-9-20-16-5-2-1-4-15(16)18/h1-2,4-5,12-14H,3,6-11H2. The van der Waals surface area contributed by atoms with Gasteiger partial charge in [0.25, 0.3) is 0 Å². The van der Waals surface area contributed by atoms with Gasteiger partial charge in [-0.05, 0) is 55.4 Å². The van der Waals surface area contributed by atoms with Gasteiger partial charge in [0.2, 0.25) is 5.91 Å². The van der Waals surface area contributed by atoms with Crippen molar-refractivity contribution in [2.45, 2.75) is 37.0 Å². The molecule has 1 amide bonds. The molecule has 1 aromatic carbocycles. The molecular formula is C17H21NOS. The molecule has 2 saturated carbocycles. The van der Waals surface area contributed by atoms with Crippen molar-refractivity contribution in [1.82, 2.24) is 0 Å². The molecule has 0 spiro atoms. The third kappa shape index (κ3) is 2.07. The van der Waals surface area contributed by atoms with Crippen LogP contribution >= 0.6 is 11.8 Å². The van der Waals surface area contributed by atoms with Gasteiger partial charge in [-0.15, -0.1) is 11.8 Å². The lowest BCUT2D eigenvalue weighted by Crippen LogP contribution is -2.39. The summed E-state index contributed by atoms with van der Waals surface area (Å²) in [5.74, 6) is 3.36. The summed E-state index contributed by atoms with van der Waals surface area (Å²) in [4.78, 5) is 16.4. The van der Waals surface area contributed by atoms with E-state index in [1.165, 1.54) is 24.2 Å². The summed E-state index contributed by atoms with van der Waals surface area (Å²) >= 11 is 1.89. The van der Waals surface area contributed by atoms with E-state index in [4.69, 9.17) is 0 Å². The number of nitrogens with zero attached hydrogens (tertiary/aromatic N) is 1. The molecule has 0 N–H and O–H groups in total. The fourth-order valence-corrected chi connectivity index (χ4v) is 5.30. The van der Waals surface area contributed by atoms with Gasteiger partial charge in [0.1, 0.15) is 0 Å². The maximum atomic E-state index is 13.0. The number of thioether (sulfide) groups is 1. The normalized spacial score (nSPS) is 32.0. The van der Waals surface area contributed by atoms with E-state index in [9.17, 15) is 4.79 Å². The Labute approximate surface area is 124 Å². The zero-order valence-electron chi connectivity index (χ0n) is 11.8. The number of rotatable bonds is 1. The summed E-state index contributed by atoms with van der Waals surface area (Å²) in [5.41, 5.74) is 1.16. The van der Waals surface area contributed by atoms with Crippen LogP contribution in [0.25, 0.3) is 0 Å². The summed E-state index contributed by atoms with van der Waals surface area (Å²) in [6.07, 6.45) is 6.20. The third-order valence-electron chi connectivity index (χ3n) is 5.26. The first-order valence-corrected chi connectivity index (χ1v) is 8.84. The van der Waals surface area contributed by atoms with Gasteiger partial charge in [0.05, 0.1) is 5.69 Å². The predicted molar refractivity (Wildman–Crippen MR) is 83.1 cm³/mol. The molecule has 4 rings (SSSR count). The zero-order valence-corrected chi connectivity index (χ0v) is 12.6. The molecule has 0 aromatic heterocycles. The molecule has 3 aliphatic rings. The van der Waals surface area contributed by atoms with Crippen LogP contribution in [0.2, 0.25) is 0 Å². The van der Waals surface area contributed by atoms with Crippen LogP contribution in [-0.2, 0) is 4.79 Å². The molecule has 0 radical (unpaired) electrons. The Morgan fingerprint density at radius 1 is 1.20 bits per heavy atom. The van der Waals surface area contributed by atoms with Gasteiger partial charge in [-0.3, -0.25) is 4.79 Å². The highest BCUT2D eigenvalue weighted by Crippen LogP contribution is 2.49. The smallest absolute Gasteiger partial charge is 0.230 e. The average Bonchev–Trinajstić information content (AvgIpc) is 3.04. The van der Waals surface area contributed by atoms with Crippen LogP contribution in [0, 0.1) is 17.8 Å². The lowest BCUT2D eigenvalue weighted by Gasteiger charge is -2.29. The number of anilines is 1. The van der Waals surface area contributed by atoms with Crippen molar-refractivity contribution in [3.05, 3.63) is 24.3 Å². The van der Waals surface area contributed by atoms with Crippen LogP contribution in [0.15, 0.2) is 29.2 Å². The summed E-state index contributed by atoms with van der Waals surface area (Å²) < 4.78 is 0. The maximum absolute atomic E-state index is 13.0. The topological polar surface area (TPSA) is 20.3 Å². The van der Waals surface area contributed by atoms with Gasteiger partial charge >= 0.3 is 0 Å². The van der Waals surface area contributed by atoms with Crippen molar-refractivity contribution in [2.75, 3.05) is 17.2 Å². The molecular weight excluding hydrogens is 266 g/mol. The quantitative estimate of drug-likeness (QED) is 0.779. The first-order chi connectivity index (χ1) is 9.83. The Bertz CT molecular complexity index is 529. The summed E-state index contributed by atoms with van der Waals surface area (Å²) in [5, 5.41) is 0. The van der Waals surface area contributed by atoms with Crippen molar-refractivity contribution < 1.29 is 4.79 Å². The van der Waals surface area contributed by atoms with Crippen molar-refractivity contribution in [3.8, 4) is 0 Å². The first kappa shape index (κ1) is 12.8. The molecule has 1 aromatic rings. The molecule has 1 aliphatic heterocycles. The van der Waals surface area contributed by atoms with E-state index < -0.39 is 0 Å².